The quantitative estimate of drug-likeness (QED) is 0.802. The molecule has 0 aliphatic heterocycles. The first kappa shape index (κ1) is 14.1. The lowest BCUT2D eigenvalue weighted by atomic mass is 10.1. The fourth-order valence-corrected chi connectivity index (χ4v) is 2.21. The van der Waals surface area contributed by atoms with Crippen molar-refractivity contribution >= 4 is 11.6 Å². The van der Waals surface area contributed by atoms with Gasteiger partial charge in [-0.2, -0.15) is 10.2 Å². The average Bonchev–Trinajstić information content (AvgIpc) is 3.11. The van der Waals surface area contributed by atoms with Crippen LogP contribution in [0.15, 0.2) is 48.9 Å². The Kier molecular flexibility index (Phi) is 3.74. The molecule has 3 aromatic rings. The Balaban J connectivity index is 1.69. The zero-order chi connectivity index (χ0) is 15.5. The van der Waals surface area contributed by atoms with E-state index in [1.807, 2.05) is 18.3 Å². The predicted molar refractivity (Wildman–Crippen MR) is 83.7 cm³/mol. The molecule has 2 aromatic heterocycles. The third-order valence-corrected chi connectivity index (χ3v) is 3.43. The highest BCUT2D eigenvalue weighted by Crippen LogP contribution is 2.12. The number of aryl methyl sites for hydroxylation is 2. The summed E-state index contributed by atoms with van der Waals surface area (Å²) < 4.78 is 3.40. The number of hydrogen-bond acceptors (Lipinski definition) is 3. The molecule has 6 heteroatoms. The molecular weight excluding hydrogens is 278 g/mol. The molecule has 0 saturated heterocycles. The number of rotatable bonds is 4. The van der Waals surface area contributed by atoms with Crippen LogP contribution in [-0.2, 0) is 13.6 Å². The van der Waals surface area contributed by atoms with Crippen molar-refractivity contribution in [1.82, 2.24) is 19.6 Å². The Morgan fingerprint density at radius 1 is 1.27 bits per heavy atom. The summed E-state index contributed by atoms with van der Waals surface area (Å²) in [6.07, 6.45) is 5.18. The molecule has 1 amide bonds. The maximum atomic E-state index is 12.0. The van der Waals surface area contributed by atoms with E-state index in [1.54, 1.807) is 34.9 Å². The van der Waals surface area contributed by atoms with Gasteiger partial charge in [-0.1, -0.05) is 24.3 Å². The number of carbonyl (C=O) groups excluding carboxylic acids is 1. The Morgan fingerprint density at radius 2 is 2.09 bits per heavy atom. The summed E-state index contributed by atoms with van der Waals surface area (Å²) in [7, 11) is 1.77. The third-order valence-electron chi connectivity index (χ3n) is 3.43. The second-order valence-corrected chi connectivity index (χ2v) is 5.18. The molecule has 0 unspecified atom stereocenters. The minimum absolute atomic E-state index is 0.240. The number of nitrogens with one attached hydrogen (secondary N) is 1. The zero-order valence-electron chi connectivity index (χ0n) is 12.5. The van der Waals surface area contributed by atoms with Gasteiger partial charge in [-0.15, -0.1) is 0 Å². The monoisotopic (exact) mass is 295 g/mol. The van der Waals surface area contributed by atoms with Gasteiger partial charge in [0.2, 0.25) is 0 Å². The smallest absolute Gasteiger partial charge is 0.276 e. The largest absolute Gasteiger partial charge is 0.318 e. The molecule has 0 atom stereocenters. The van der Waals surface area contributed by atoms with Gasteiger partial charge in [0.15, 0.2) is 5.69 Å². The summed E-state index contributed by atoms with van der Waals surface area (Å²) in [5.41, 5.74) is 3.46. The summed E-state index contributed by atoms with van der Waals surface area (Å²) in [6.45, 7) is 2.74. The van der Waals surface area contributed by atoms with Crippen LogP contribution in [0.3, 0.4) is 0 Å². The van der Waals surface area contributed by atoms with Gasteiger partial charge in [-0.05, 0) is 24.1 Å². The van der Waals surface area contributed by atoms with Crippen LogP contribution < -0.4 is 5.32 Å². The van der Waals surface area contributed by atoms with Gasteiger partial charge in [0, 0.05) is 19.4 Å². The average molecular weight is 295 g/mol. The molecule has 0 aliphatic rings. The summed E-state index contributed by atoms with van der Waals surface area (Å²) >= 11 is 0. The Hall–Kier alpha value is -2.89. The van der Waals surface area contributed by atoms with Crippen molar-refractivity contribution in [3.05, 3.63) is 65.7 Å². The molecule has 112 valence electrons. The molecule has 0 saturated carbocycles. The molecule has 0 bridgehead atoms. The van der Waals surface area contributed by atoms with E-state index >= 15 is 0 Å². The van der Waals surface area contributed by atoms with Crippen LogP contribution in [0.5, 0.6) is 0 Å². The number of aromatic nitrogens is 4. The second-order valence-electron chi connectivity index (χ2n) is 5.18. The van der Waals surface area contributed by atoms with Gasteiger partial charge in [0.25, 0.3) is 5.91 Å². The SMILES string of the molecule is Cc1ccccc1Cn1cc(NC(=O)c2ccn(C)n2)cn1. The molecule has 0 spiro atoms. The Bertz CT molecular complexity index is 802. The van der Waals surface area contributed by atoms with Crippen LogP contribution in [0, 0.1) is 6.92 Å². The molecule has 1 aromatic carbocycles. The van der Waals surface area contributed by atoms with Gasteiger partial charge in [0.05, 0.1) is 18.4 Å². The molecule has 1 N–H and O–H groups in total. The molecule has 0 radical (unpaired) electrons. The van der Waals surface area contributed by atoms with Crippen LogP contribution >= 0.6 is 0 Å². The zero-order valence-corrected chi connectivity index (χ0v) is 12.5. The number of carbonyl (C=O) groups is 1. The van der Waals surface area contributed by atoms with Crippen molar-refractivity contribution in [2.45, 2.75) is 13.5 Å². The third kappa shape index (κ3) is 3.06. The lowest BCUT2D eigenvalue weighted by molar-refractivity contribution is 0.102. The van der Waals surface area contributed by atoms with Crippen molar-refractivity contribution in [3.8, 4) is 0 Å². The summed E-state index contributed by atoms with van der Waals surface area (Å²) in [5, 5.41) is 11.1. The highest BCUT2D eigenvalue weighted by molar-refractivity contribution is 6.02. The molecule has 6 nitrogen and oxygen atoms in total. The van der Waals surface area contributed by atoms with Crippen LogP contribution in [-0.4, -0.2) is 25.5 Å². The Labute approximate surface area is 128 Å². The van der Waals surface area contributed by atoms with E-state index < -0.39 is 0 Å². The van der Waals surface area contributed by atoms with E-state index in [0.717, 1.165) is 0 Å². The topological polar surface area (TPSA) is 64.7 Å². The molecule has 22 heavy (non-hydrogen) atoms. The van der Waals surface area contributed by atoms with E-state index in [4.69, 9.17) is 0 Å². The van der Waals surface area contributed by atoms with Gasteiger partial charge < -0.3 is 5.32 Å². The van der Waals surface area contributed by atoms with Crippen molar-refractivity contribution in [2.75, 3.05) is 5.32 Å². The van der Waals surface area contributed by atoms with Crippen molar-refractivity contribution in [1.29, 1.82) is 0 Å². The highest BCUT2D eigenvalue weighted by atomic mass is 16.2. The van der Waals surface area contributed by atoms with Gasteiger partial charge in [-0.3, -0.25) is 14.2 Å². The minimum Gasteiger partial charge on any atom is -0.318 e. The number of amides is 1. The lowest BCUT2D eigenvalue weighted by Crippen LogP contribution is -2.12. The fraction of sp³-hybridized carbons (Fsp3) is 0.188. The van der Waals surface area contributed by atoms with Crippen molar-refractivity contribution < 1.29 is 4.79 Å². The first-order valence-corrected chi connectivity index (χ1v) is 7.00. The number of benzene rings is 1. The summed E-state index contributed by atoms with van der Waals surface area (Å²) in [5.74, 6) is -0.240. The normalized spacial score (nSPS) is 10.6. The van der Waals surface area contributed by atoms with Crippen LogP contribution in [0.4, 0.5) is 5.69 Å². The molecule has 0 fully saturated rings. The minimum atomic E-state index is -0.240. The van der Waals surface area contributed by atoms with E-state index in [1.165, 1.54) is 11.1 Å². The first-order chi connectivity index (χ1) is 10.6. The van der Waals surface area contributed by atoms with Gasteiger partial charge in [-0.25, -0.2) is 0 Å². The van der Waals surface area contributed by atoms with Crippen molar-refractivity contribution in [2.24, 2.45) is 7.05 Å². The molecule has 3 rings (SSSR count). The van der Waals surface area contributed by atoms with E-state index in [9.17, 15) is 4.79 Å². The predicted octanol–water partition coefficient (Wildman–Crippen LogP) is 2.23. The van der Waals surface area contributed by atoms with Crippen LogP contribution in [0.2, 0.25) is 0 Å². The highest BCUT2D eigenvalue weighted by Gasteiger charge is 2.10. The van der Waals surface area contributed by atoms with E-state index in [0.29, 0.717) is 17.9 Å². The second kappa shape index (κ2) is 5.85. The van der Waals surface area contributed by atoms with Gasteiger partial charge >= 0.3 is 0 Å². The standard InChI is InChI=1S/C16H17N5O/c1-12-5-3-4-6-13(12)10-21-11-14(9-17-21)18-16(22)15-7-8-20(2)19-15/h3-9,11H,10H2,1-2H3,(H,18,22). The van der Waals surface area contributed by atoms with E-state index in [-0.39, 0.29) is 5.91 Å². The number of hydrogen-bond donors (Lipinski definition) is 1. The molecule has 0 aliphatic carbocycles. The fourth-order valence-electron chi connectivity index (χ4n) is 2.21. The maximum absolute atomic E-state index is 12.0. The Morgan fingerprint density at radius 3 is 2.82 bits per heavy atom. The van der Waals surface area contributed by atoms with Crippen LogP contribution in [0.25, 0.3) is 0 Å². The van der Waals surface area contributed by atoms with Gasteiger partial charge in [0.1, 0.15) is 0 Å². The number of anilines is 1. The summed E-state index contributed by atoms with van der Waals surface area (Å²) in [4.78, 5) is 12.0. The maximum Gasteiger partial charge on any atom is 0.276 e. The van der Waals surface area contributed by atoms with Crippen molar-refractivity contribution in [3.63, 3.8) is 0 Å². The lowest BCUT2D eigenvalue weighted by Gasteiger charge is -2.05. The van der Waals surface area contributed by atoms with Crippen LogP contribution in [0.1, 0.15) is 21.6 Å². The van der Waals surface area contributed by atoms with E-state index in [2.05, 4.69) is 34.6 Å². The molecular formula is C16H17N5O. The summed E-state index contributed by atoms with van der Waals surface area (Å²) in [6, 6.07) is 9.84. The molecule has 2 heterocycles. The number of nitrogens with zero attached hydrogens (tertiary/aromatic N) is 4. The first-order valence-electron chi connectivity index (χ1n) is 7.00.